The summed E-state index contributed by atoms with van der Waals surface area (Å²) in [6.07, 6.45) is 2.46. The molecule has 0 unspecified atom stereocenters. The standard InChI is InChI=1S/C25H21ClN4O5/c1-33-12-2-5-17(16(26)11-12)28-25(32)30-22-21-15-10-13(3-6-18(15)35-23(21)22)34-19-8-9-27-24-14(19)4-7-20(31)29-24/h2-3,5-6,8-11,21-23H,4,7H2,1H3,(H,27,29,31)(H2,28,30,32)/t21-,22+,23-/m0/s1. The Bertz CT molecular complexity index is 1360. The van der Waals surface area contributed by atoms with Crippen molar-refractivity contribution in [1.82, 2.24) is 10.3 Å². The normalized spacial score (nSPS) is 21.0. The van der Waals surface area contributed by atoms with Crippen LogP contribution in [0.25, 0.3) is 0 Å². The minimum atomic E-state index is -0.362. The maximum absolute atomic E-state index is 12.6. The highest BCUT2D eigenvalue weighted by Gasteiger charge is 2.59. The van der Waals surface area contributed by atoms with Crippen LogP contribution in [0.2, 0.25) is 5.02 Å². The molecule has 9 nitrogen and oxygen atoms in total. The maximum Gasteiger partial charge on any atom is 0.319 e. The highest BCUT2D eigenvalue weighted by atomic mass is 35.5. The number of anilines is 2. The Morgan fingerprint density at radius 1 is 1.17 bits per heavy atom. The summed E-state index contributed by atoms with van der Waals surface area (Å²) >= 11 is 6.22. The van der Waals surface area contributed by atoms with Gasteiger partial charge >= 0.3 is 6.03 Å². The maximum atomic E-state index is 12.6. The fourth-order valence-corrected chi connectivity index (χ4v) is 4.81. The molecule has 6 rings (SSSR count). The number of rotatable bonds is 5. The lowest BCUT2D eigenvalue weighted by molar-refractivity contribution is -0.116. The Morgan fingerprint density at radius 3 is 2.86 bits per heavy atom. The van der Waals surface area contributed by atoms with Crippen LogP contribution in [0, 0.1) is 0 Å². The van der Waals surface area contributed by atoms with Gasteiger partial charge in [0.1, 0.15) is 34.9 Å². The SMILES string of the molecule is COc1ccc(NC(=O)N[C@H]2[C@H]3Oc4ccc(Oc5ccnc6c5CCC(=O)N6)cc4[C@@H]23)c(Cl)c1. The van der Waals surface area contributed by atoms with Crippen LogP contribution in [-0.4, -0.2) is 36.2 Å². The average molecular weight is 493 g/mol. The van der Waals surface area contributed by atoms with Crippen molar-refractivity contribution in [2.24, 2.45) is 0 Å². The van der Waals surface area contributed by atoms with E-state index < -0.39 is 0 Å². The molecule has 1 saturated carbocycles. The second-order valence-corrected chi connectivity index (χ2v) is 8.97. The lowest BCUT2D eigenvalue weighted by atomic mass is 10.1. The van der Waals surface area contributed by atoms with E-state index in [2.05, 4.69) is 20.9 Å². The van der Waals surface area contributed by atoms with Crippen molar-refractivity contribution < 1.29 is 23.8 Å². The summed E-state index contributed by atoms with van der Waals surface area (Å²) < 4.78 is 17.3. The van der Waals surface area contributed by atoms with Gasteiger partial charge in [-0.05, 0) is 42.8 Å². The van der Waals surface area contributed by atoms with E-state index >= 15 is 0 Å². The number of hydrogen-bond donors (Lipinski definition) is 3. The minimum absolute atomic E-state index is 0.0382. The Morgan fingerprint density at radius 2 is 2.03 bits per heavy atom. The quantitative estimate of drug-likeness (QED) is 0.484. The summed E-state index contributed by atoms with van der Waals surface area (Å²) in [5.74, 6) is 3.23. The molecule has 1 aliphatic carbocycles. The molecule has 0 radical (unpaired) electrons. The van der Waals surface area contributed by atoms with Crippen molar-refractivity contribution >= 4 is 35.0 Å². The van der Waals surface area contributed by atoms with Crippen molar-refractivity contribution in [2.45, 2.75) is 30.9 Å². The van der Waals surface area contributed by atoms with Gasteiger partial charge in [-0.15, -0.1) is 0 Å². The number of halogens is 1. The zero-order valence-electron chi connectivity index (χ0n) is 18.6. The molecule has 0 saturated heterocycles. The third-order valence-electron chi connectivity index (χ3n) is 6.38. The Hall–Kier alpha value is -3.98. The third kappa shape index (κ3) is 3.97. The topological polar surface area (TPSA) is 111 Å². The van der Waals surface area contributed by atoms with Crippen LogP contribution in [0.3, 0.4) is 0 Å². The number of pyridine rings is 1. The number of nitrogens with zero attached hydrogens (tertiary/aromatic N) is 1. The molecule has 35 heavy (non-hydrogen) atoms. The molecule has 0 spiro atoms. The van der Waals surface area contributed by atoms with Crippen LogP contribution in [0.1, 0.15) is 23.5 Å². The number of carbonyl (C=O) groups excluding carboxylic acids is 2. The van der Waals surface area contributed by atoms with E-state index in [1.807, 2.05) is 18.2 Å². The lowest BCUT2D eigenvalue weighted by Crippen LogP contribution is -2.34. The summed E-state index contributed by atoms with van der Waals surface area (Å²) in [6, 6.07) is 12.0. The van der Waals surface area contributed by atoms with Crippen molar-refractivity contribution in [2.75, 3.05) is 17.7 Å². The molecule has 1 fully saturated rings. The van der Waals surface area contributed by atoms with Gasteiger partial charge in [-0.1, -0.05) is 11.6 Å². The average Bonchev–Trinajstić information content (AvgIpc) is 3.36. The van der Waals surface area contributed by atoms with Crippen molar-refractivity contribution in [3.05, 3.63) is 64.8 Å². The number of fused-ring (bicyclic) bond motifs is 4. The molecule has 3 N–H and O–H groups in total. The number of benzene rings is 2. The highest BCUT2D eigenvalue weighted by molar-refractivity contribution is 6.33. The molecule has 3 heterocycles. The van der Waals surface area contributed by atoms with Crippen LogP contribution in [0.4, 0.5) is 16.3 Å². The first-order valence-corrected chi connectivity index (χ1v) is 11.5. The van der Waals surface area contributed by atoms with Gasteiger partial charge in [-0.2, -0.15) is 0 Å². The summed E-state index contributed by atoms with van der Waals surface area (Å²) in [5.41, 5.74) is 2.35. The third-order valence-corrected chi connectivity index (χ3v) is 6.69. The predicted molar refractivity (Wildman–Crippen MR) is 129 cm³/mol. The van der Waals surface area contributed by atoms with Gasteiger partial charge in [0.05, 0.1) is 29.8 Å². The summed E-state index contributed by atoms with van der Waals surface area (Å²) in [5, 5.41) is 8.90. The molecule has 2 aliphatic heterocycles. The molecule has 10 heteroatoms. The molecule has 2 aromatic carbocycles. The first-order chi connectivity index (χ1) is 17.0. The fraction of sp³-hybridized carbons (Fsp3) is 0.240. The number of methoxy groups -OCH3 is 1. The number of urea groups is 1. The van der Waals surface area contributed by atoms with E-state index in [-0.39, 0.29) is 30.0 Å². The van der Waals surface area contributed by atoms with Crippen LogP contribution >= 0.6 is 11.6 Å². The number of hydrogen-bond acceptors (Lipinski definition) is 6. The van der Waals surface area contributed by atoms with Crippen molar-refractivity contribution in [3.8, 4) is 23.0 Å². The second kappa shape index (κ2) is 8.35. The van der Waals surface area contributed by atoms with E-state index in [1.165, 1.54) is 0 Å². The summed E-state index contributed by atoms with van der Waals surface area (Å²) in [6.45, 7) is 0. The van der Waals surface area contributed by atoms with E-state index in [4.69, 9.17) is 25.8 Å². The van der Waals surface area contributed by atoms with Crippen LogP contribution in [0.5, 0.6) is 23.0 Å². The Balaban J connectivity index is 1.13. The molecule has 0 bridgehead atoms. The molecule has 1 aromatic heterocycles. The van der Waals surface area contributed by atoms with Crippen LogP contribution < -0.4 is 30.2 Å². The van der Waals surface area contributed by atoms with Crippen molar-refractivity contribution in [1.29, 1.82) is 0 Å². The smallest absolute Gasteiger partial charge is 0.319 e. The fourth-order valence-electron chi connectivity index (χ4n) is 4.59. The zero-order valence-corrected chi connectivity index (χ0v) is 19.4. The van der Waals surface area contributed by atoms with Gasteiger partial charge < -0.3 is 30.2 Å². The Kier molecular flexibility index (Phi) is 5.14. The number of aromatic nitrogens is 1. The van der Waals surface area contributed by atoms with Gasteiger partial charge in [0.15, 0.2) is 0 Å². The first-order valence-electron chi connectivity index (χ1n) is 11.2. The molecule has 3 aliphatic rings. The molecular weight excluding hydrogens is 472 g/mol. The molecular formula is C25H21ClN4O5. The minimum Gasteiger partial charge on any atom is -0.497 e. The van der Waals surface area contributed by atoms with Gasteiger partial charge in [0.25, 0.3) is 0 Å². The van der Waals surface area contributed by atoms with Crippen molar-refractivity contribution in [3.63, 3.8) is 0 Å². The number of carbonyl (C=O) groups is 2. The zero-order chi connectivity index (χ0) is 24.1. The molecule has 3 amide bonds. The Labute approximate surface area is 205 Å². The predicted octanol–water partition coefficient (Wildman–Crippen LogP) is 4.47. The molecule has 178 valence electrons. The monoisotopic (exact) mass is 492 g/mol. The van der Waals surface area contributed by atoms with E-state index in [0.29, 0.717) is 46.6 Å². The second-order valence-electron chi connectivity index (χ2n) is 8.56. The van der Waals surface area contributed by atoms with Gasteiger partial charge in [-0.3, -0.25) is 4.79 Å². The summed E-state index contributed by atoms with van der Waals surface area (Å²) in [7, 11) is 1.55. The molecule has 3 atom stereocenters. The van der Waals surface area contributed by atoms with Crippen LogP contribution in [-0.2, 0) is 11.2 Å². The van der Waals surface area contributed by atoms with Gasteiger partial charge in [0, 0.05) is 29.8 Å². The number of nitrogens with one attached hydrogen (secondary N) is 3. The number of amides is 3. The molecule has 3 aromatic rings. The summed E-state index contributed by atoms with van der Waals surface area (Å²) in [4.78, 5) is 28.5. The van der Waals surface area contributed by atoms with E-state index in [0.717, 1.165) is 16.9 Å². The van der Waals surface area contributed by atoms with Crippen LogP contribution in [0.15, 0.2) is 48.7 Å². The van der Waals surface area contributed by atoms with Gasteiger partial charge in [-0.25, -0.2) is 9.78 Å². The first kappa shape index (κ1) is 21.5. The number of ether oxygens (including phenoxy) is 3. The lowest BCUT2D eigenvalue weighted by Gasteiger charge is -2.19. The largest absolute Gasteiger partial charge is 0.497 e. The highest BCUT2D eigenvalue weighted by Crippen LogP contribution is 2.54. The van der Waals surface area contributed by atoms with Gasteiger partial charge in [0.2, 0.25) is 5.91 Å². The van der Waals surface area contributed by atoms with E-state index in [1.54, 1.807) is 37.6 Å². The van der Waals surface area contributed by atoms with E-state index in [9.17, 15) is 9.59 Å².